The van der Waals surface area contributed by atoms with Crippen molar-refractivity contribution in [1.82, 2.24) is 14.9 Å². The van der Waals surface area contributed by atoms with Gasteiger partial charge in [-0.15, -0.1) is 0 Å². The Balaban J connectivity index is 1.69. The van der Waals surface area contributed by atoms with Gasteiger partial charge in [0.15, 0.2) is 0 Å². The molecule has 0 aliphatic rings. The zero-order valence-corrected chi connectivity index (χ0v) is 19.1. The molecular formula is C26H24ClN3O2. The number of ether oxygens (including phenoxy) is 1. The van der Waals surface area contributed by atoms with Crippen molar-refractivity contribution < 1.29 is 9.53 Å². The van der Waals surface area contributed by atoms with Gasteiger partial charge in [-0.2, -0.15) is 0 Å². The van der Waals surface area contributed by atoms with E-state index in [0.29, 0.717) is 23.8 Å². The molecule has 0 radical (unpaired) electrons. The fourth-order valence-electron chi connectivity index (χ4n) is 3.60. The highest BCUT2D eigenvalue weighted by Crippen LogP contribution is 2.26. The van der Waals surface area contributed by atoms with Crippen LogP contribution in [0, 0.1) is 13.8 Å². The number of fused-ring (bicyclic) bond motifs is 1. The van der Waals surface area contributed by atoms with Gasteiger partial charge in [-0.1, -0.05) is 23.7 Å². The first kappa shape index (κ1) is 21.8. The number of hydrogen-bond donors (Lipinski definition) is 0. The summed E-state index contributed by atoms with van der Waals surface area (Å²) in [5, 5.41) is 1.41. The van der Waals surface area contributed by atoms with Gasteiger partial charge in [0.2, 0.25) is 0 Å². The van der Waals surface area contributed by atoms with Crippen LogP contribution < -0.4 is 4.74 Å². The average molecular weight is 446 g/mol. The third-order valence-corrected chi connectivity index (χ3v) is 5.87. The molecule has 4 aromatic rings. The van der Waals surface area contributed by atoms with Crippen molar-refractivity contribution in [3.8, 4) is 5.75 Å². The van der Waals surface area contributed by atoms with Crippen LogP contribution in [0.25, 0.3) is 10.9 Å². The fraction of sp³-hybridized carbons (Fsp3) is 0.192. The zero-order chi connectivity index (χ0) is 22.7. The Bertz CT molecular complexity index is 1260. The topological polar surface area (TPSA) is 55.3 Å². The largest absolute Gasteiger partial charge is 0.497 e. The minimum Gasteiger partial charge on any atom is -0.497 e. The second-order valence-corrected chi connectivity index (χ2v) is 8.18. The summed E-state index contributed by atoms with van der Waals surface area (Å²) in [6.07, 6.45) is 3.23. The molecule has 0 saturated carbocycles. The molecule has 6 heteroatoms. The van der Waals surface area contributed by atoms with Crippen LogP contribution in [-0.4, -0.2) is 27.9 Å². The van der Waals surface area contributed by atoms with Crippen LogP contribution in [0.2, 0.25) is 5.15 Å². The van der Waals surface area contributed by atoms with Crippen LogP contribution in [-0.2, 0) is 13.1 Å². The van der Waals surface area contributed by atoms with Crippen molar-refractivity contribution in [3.63, 3.8) is 0 Å². The van der Waals surface area contributed by atoms with E-state index < -0.39 is 0 Å². The molecule has 2 aromatic heterocycles. The number of halogens is 1. The van der Waals surface area contributed by atoms with Gasteiger partial charge in [0.25, 0.3) is 5.91 Å². The summed E-state index contributed by atoms with van der Waals surface area (Å²) < 4.78 is 5.25. The maximum absolute atomic E-state index is 13.3. The third kappa shape index (κ3) is 4.73. The predicted molar refractivity (Wildman–Crippen MR) is 127 cm³/mol. The molecule has 2 aromatic carbocycles. The van der Waals surface area contributed by atoms with Crippen molar-refractivity contribution in [2.75, 3.05) is 7.11 Å². The van der Waals surface area contributed by atoms with E-state index in [2.05, 4.69) is 29.9 Å². The summed E-state index contributed by atoms with van der Waals surface area (Å²) in [5.41, 5.74) is 5.52. The smallest absolute Gasteiger partial charge is 0.256 e. The van der Waals surface area contributed by atoms with Gasteiger partial charge in [0, 0.05) is 36.4 Å². The van der Waals surface area contributed by atoms with Crippen LogP contribution in [0.3, 0.4) is 0 Å². The van der Waals surface area contributed by atoms with Gasteiger partial charge in [-0.25, -0.2) is 4.98 Å². The lowest BCUT2D eigenvalue weighted by atomic mass is 10.0. The molecule has 0 saturated heterocycles. The molecule has 0 unspecified atom stereocenters. The number of hydrogen-bond acceptors (Lipinski definition) is 4. The Morgan fingerprint density at radius 2 is 1.78 bits per heavy atom. The van der Waals surface area contributed by atoms with E-state index in [1.165, 1.54) is 11.1 Å². The summed E-state index contributed by atoms with van der Waals surface area (Å²) in [6, 6.07) is 17.4. The minimum absolute atomic E-state index is 0.120. The molecule has 0 atom stereocenters. The first-order valence-corrected chi connectivity index (χ1v) is 10.7. The van der Waals surface area contributed by atoms with Crippen LogP contribution in [0.5, 0.6) is 5.75 Å². The van der Waals surface area contributed by atoms with Crippen LogP contribution in [0.1, 0.15) is 32.6 Å². The van der Waals surface area contributed by atoms with Gasteiger partial charge in [-0.05, 0) is 73.0 Å². The minimum atomic E-state index is -0.120. The Kier molecular flexibility index (Phi) is 6.37. The van der Waals surface area contributed by atoms with Crippen LogP contribution in [0.15, 0.2) is 67.0 Å². The number of aromatic nitrogens is 2. The van der Waals surface area contributed by atoms with Crippen molar-refractivity contribution in [2.45, 2.75) is 26.9 Å². The highest BCUT2D eigenvalue weighted by atomic mass is 35.5. The van der Waals surface area contributed by atoms with Gasteiger partial charge in [0.1, 0.15) is 10.9 Å². The normalized spacial score (nSPS) is 10.9. The van der Waals surface area contributed by atoms with E-state index in [9.17, 15) is 4.79 Å². The molecule has 2 heterocycles. The SMILES string of the molecule is COc1ccc(CN(Cc2cc3cc(C)c(C)cc3nc2Cl)C(=O)c2cccnc2)cc1. The number of aryl methyl sites for hydroxylation is 2. The molecule has 0 bridgehead atoms. The maximum Gasteiger partial charge on any atom is 0.256 e. The summed E-state index contributed by atoms with van der Waals surface area (Å²) in [5.74, 6) is 0.650. The van der Waals surface area contributed by atoms with E-state index in [0.717, 1.165) is 27.8 Å². The van der Waals surface area contributed by atoms with E-state index in [4.69, 9.17) is 16.3 Å². The van der Waals surface area contributed by atoms with Crippen LogP contribution >= 0.6 is 11.6 Å². The Labute approximate surface area is 192 Å². The number of amides is 1. The number of pyridine rings is 2. The van der Waals surface area contributed by atoms with Crippen LogP contribution in [0.4, 0.5) is 0 Å². The van der Waals surface area contributed by atoms with E-state index >= 15 is 0 Å². The molecule has 0 aliphatic carbocycles. The number of rotatable bonds is 6. The van der Waals surface area contributed by atoms with E-state index in [1.54, 1.807) is 36.5 Å². The second-order valence-electron chi connectivity index (χ2n) is 7.82. The summed E-state index contributed by atoms with van der Waals surface area (Å²) in [4.78, 5) is 23.8. The highest BCUT2D eigenvalue weighted by Gasteiger charge is 2.19. The Morgan fingerprint density at radius 3 is 2.47 bits per heavy atom. The molecular weight excluding hydrogens is 422 g/mol. The van der Waals surface area contributed by atoms with E-state index in [1.807, 2.05) is 36.4 Å². The quantitative estimate of drug-likeness (QED) is 0.354. The zero-order valence-electron chi connectivity index (χ0n) is 18.3. The monoisotopic (exact) mass is 445 g/mol. The fourth-order valence-corrected chi connectivity index (χ4v) is 3.81. The number of carbonyl (C=O) groups is 1. The highest BCUT2D eigenvalue weighted by molar-refractivity contribution is 6.30. The second kappa shape index (κ2) is 9.37. The van der Waals surface area contributed by atoms with Crippen molar-refractivity contribution in [2.24, 2.45) is 0 Å². The molecule has 0 spiro atoms. The molecule has 32 heavy (non-hydrogen) atoms. The Hall–Kier alpha value is -3.44. The molecule has 0 N–H and O–H groups in total. The molecule has 5 nitrogen and oxygen atoms in total. The third-order valence-electron chi connectivity index (χ3n) is 5.55. The molecule has 0 aliphatic heterocycles. The lowest BCUT2D eigenvalue weighted by Crippen LogP contribution is -2.30. The number of methoxy groups -OCH3 is 1. The number of carbonyl (C=O) groups excluding carboxylic acids is 1. The first-order chi connectivity index (χ1) is 15.4. The summed E-state index contributed by atoms with van der Waals surface area (Å²) in [6.45, 7) is 4.87. The van der Waals surface area contributed by atoms with Gasteiger partial charge < -0.3 is 9.64 Å². The van der Waals surface area contributed by atoms with Crippen molar-refractivity contribution in [3.05, 3.63) is 100.0 Å². The summed E-state index contributed by atoms with van der Waals surface area (Å²) >= 11 is 6.55. The Morgan fingerprint density at radius 1 is 1.03 bits per heavy atom. The van der Waals surface area contributed by atoms with Gasteiger partial charge in [0.05, 0.1) is 18.2 Å². The van der Waals surface area contributed by atoms with Crippen molar-refractivity contribution >= 4 is 28.4 Å². The number of benzene rings is 2. The standard InChI is InChI=1S/C26H24ClN3O2/c1-17-11-21-13-22(25(27)29-24(21)12-18(17)2)16-30(26(31)20-5-4-10-28-14-20)15-19-6-8-23(32-3)9-7-19/h4-14H,15-16H2,1-3H3. The van der Waals surface area contributed by atoms with Gasteiger partial charge in [-0.3, -0.25) is 9.78 Å². The van der Waals surface area contributed by atoms with Crippen molar-refractivity contribution in [1.29, 1.82) is 0 Å². The molecule has 162 valence electrons. The van der Waals surface area contributed by atoms with E-state index in [-0.39, 0.29) is 5.91 Å². The van der Waals surface area contributed by atoms with Gasteiger partial charge >= 0.3 is 0 Å². The predicted octanol–water partition coefficient (Wildman–Crippen LogP) is 5.75. The first-order valence-electron chi connectivity index (χ1n) is 10.3. The molecule has 0 fully saturated rings. The summed E-state index contributed by atoms with van der Waals surface area (Å²) in [7, 11) is 1.63. The molecule has 1 amide bonds. The number of nitrogens with zero attached hydrogens (tertiary/aromatic N) is 3. The lowest BCUT2D eigenvalue weighted by molar-refractivity contribution is 0.0729. The average Bonchev–Trinajstić information content (AvgIpc) is 2.81. The maximum atomic E-state index is 13.3. The molecule has 4 rings (SSSR count). The lowest BCUT2D eigenvalue weighted by Gasteiger charge is -2.24.